The average molecular weight is 426 g/mol. The Bertz CT molecular complexity index is 780. The maximum Gasteiger partial charge on any atom is 0.246 e. The minimum atomic E-state index is 0.0350. The summed E-state index contributed by atoms with van der Waals surface area (Å²) in [6.07, 6.45) is 9.49. The lowest BCUT2D eigenvalue weighted by molar-refractivity contribution is -0.128. The van der Waals surface area contributed by atoms with E-state index in [1.54, 1.807) is 6.08 Å². The highest BCUT2D eigenvalue weighted by atomic mass is 16.2. The number of benzene rings is 1. The van der Waals surface area contributed by atoms with Crippen molar-refractivity contribution in [3.05, 3.63) is 47.5 Å². The summed E-state index contributed by atoms with van der Waals surface area (Å²) in [4.78, 5) is 38.0. The van der Waals surface area contributed by atoms with Crippen LogP contribution in [-0.4, -0.2) is 48.8 Å². The highest BCUT2D eigenvalue weighted by Gasteiger charge is 2.28. The second-order valence-electron chi connectivity index (χ2n) is 8.84. The van der Waals surface area contributed by atoms with Gasteiger partial charge in [-0.1, -0.05) is 35.9 Å². The molecule has 168 valence electrons. The lowest BCUT2D eigenvalue weighted by Crippen LogP contribution is -2.39. The third kappa shape index (κ3) is 7.53. The van der Waals surface area contributed by atoms with Gasteiger partial charge >= 0.3 is 0 Å². The first-order valence-electron chi connectivity index (χ1n) is 11.6. The van der Waals surface area contributed by atoms with Gasteiger partial charge in [0, 0.05) is 44.6 Å². The molecule has 0 radical (unpaired) electrons. The average Bonchev–Trinajstić information content (AvgIpc) is 3.17. The largest absolute Gasteiger partial charge is 0.354 e. The summed E-state index contributed by atoms with van der Waals surface area (Å²) in [6, 6.07) is 8.41. The number of hydrogen-bond acceptors (Lipinski definition) is 3. The highest BCUT2D eigenvalue weighted by molar-refractivity contribution is 5.89. The van der Waals surface area contributed by atoms with E-state index in [1.165, 1.54) is 11.1 Å². The van der Waals surface area contributed by atoms with E-state index in [2.05, 4.69) is 41.8 Å². The van der Waals surface area contributed by atoms with Crippen LogP contribution < -0.4 is 10.6 Å². The van der Waals surface area contributed by atoms with E-state index in [0.29, 0.717) is 25.4 Å². The number of carbonyl (C=O) groups excluding carboxylic acids is 3. The molecule has 6 nitrogen and oxygen atoms in total. The first kappa shape index (κ1) is 23.0. The molecule has 31 heavy (non-hydrogen) atoms. The molecular weight excluding hydrogens is 390 g/mol. The van der Waals surface area contributed by atoms with Crippen molar-refractivity contribution in [3.8, 4) is 0 Å². The third-order valence-corrected chi connectivity index (χ3v) is 6.33. The van der Waals surface area contributed by atoms with Crippen molar-refractivity contribution in [2.45, 2.75) is 51.9 Å². The normalized spacial score (nSPS) is 20.7. The van der Waals surface area contributed by atoms with Crippen LogP contribution in [0.1, 0.15) is 49.7 Å². The summed E-state index contributed by atoms with van der Waals surface area (Å²) >= 11 is 0. The summed E-state index contributed by atoms with van der Waals surface area (Å²) in [5, 5.41) is 5.85. The van der Waals surface area contributed by atoms with Crippen LogP contribution in [-0.2, 0) is 20.8 Å². The molecule has 1 aromatic carbocycles. The van der Waals surface area contributed by atoms with Gasteiger partial charge in [-0.3, -0.25) is 14.4 Å². The molecule has 0 bridgehead atoms. The zero-order valence-electron chi connectivity index (χ0n) is 18.6. The molecule has 0 saturated heterocycles. The summed E-state index contributed by atoms with van der Waals surface area (Å²) in [5.74, 6) is 0.775. The number of nitrogens with one attached hydrogen (secondary N) is 2. The summed E-state index contributed by atoms with van der Waals surface area (Å²) in [7, 11) is 0. The molecule has 0 unspecified atom stereocenters. The van der Waals surface area contributed by atoms with Crippen LogP contribution in [0.25, 0.3) is 0 Å². The SMILES string of the molecule is Cc1ccc(CCCC(=O)NCCNC(=O)C2CCC(CN3CC=CC3=O)CC2)cc1. The molecule has 0 aromatic heterocycles. The molecule has 1 heterocycles. The van der Waals surface area contributed by atoms with Gasteiger partial charge in [0.25, 0.3) is 0 Å². The monoisotopic (exact) mass is 425 g/mol. The van der Waals surface area contributed by atoms with E-state index >= 15 is 0 Å². The first-order chi connectivity index (χ1) is 15.0. The molecule has 1 aliphatic carbocycles. The van der Waals surface area contributed by atoms with E-state index in [-0.39, 0.29) is 23.6 Å². The van der Waals surface area contributed by atoms with Crippen LogP contribution in [0.4, 0.5) is 0 Å². The Morgan fingerprint density at radius 3 is 2.42 bits per heavy atom. The molecule has 2 aliphatic rings. The van der Waals surface area contributed by atoms with Crippen LogP contribution in [0.3, 0.4) is 0 Å². The zero-order valence-corrected chi connectivity index (χ0v) is 18.6. The lowest BCUT2D eigenvalue weighted by Gasteiger charge is -2.30. The van der Waals surface area contributed by atoms with Crippen LogP contribution in [0.5, 0.6) is 0 Å². The fraction of sp³-hybridized carbons (Fsp3) is 0.560. The number of rotatable bonds is 10. The van der Waals surface area contributed by atoms with Crippen molar-refractivity contribution in [2.75, 3.05) is 26.2 Å². The van der Waals surface area contributed by atoms with Gasteiger partial charge in [-0.15, -0.1) is 0 Å². The minimum Gasteiger partial charge on any atom is -0.354 e. The zero-order chi connectivity index (χ0) is 22.1. The van der Waals surface area contributed by atoms with Gasteiger partial charge in [0.05, 0.1) is 0 Å². The smallest absolute Gasteiger partial charge is 0.246 e. The van der Waals surface area contributed by atoms with Crippen LogP contribution in [0.2, 0.25) is 0 Å². The molecule has 1 aliphatic heterocycles. The predicted octanol–water partition coefficient (Wildman–Crippen LogP) is 2.75. The van der Waals surface area contributed by atoms with Gasteiger partial charge in [-0.25, -0.2) is 0 Å². The Morgan fingerprint density at radius 1 is 1.03 bits per heavy atom. The number of carbonyl (C=O) groups is 3. The van der Waals surface area contributed by atoms with Crippen molar-refractivity contribution in [3.63, 3.8) is 0 Å². The Hall–Kier alpha value is -2.63. The number of amides is 3. The lowest BCUT2D eigenvalue weighted by atomic mass is 9.81. The van der Waals surface area contributed by atoms with Gasteiger partial charge in [0.1, 0.15) is 0 Å². The summed E-state index contributed by atoms with van der Waals surface area (Å²) in [5.41, 5.74) is 2.50. The predicted molar refractivity (Wildman–Crippen MR) is 121 cm³/mol. The fourth-order valence-electron chi connectivity index (χ4n) is 4.39. The van der Waals surface area contributed by atoms with Gasteiger partial charge in [-0.2, -0.15) is 0 Å². The second-order valence-corrected chi connectivity index (χ2v) is 8.84. The number of nitrogens with zero attached hydrogens (tertiary/aromatic N) is 1. The minimum absolute atomic E-state index is 0.0350. The molecular formula is C25H35N3O3. The molecule has 0 atom stereocenters. The Morgan fingerprint density at radius 2 is 1.74 bits per heavy atom. The molecule has 1 saturated carbocycles. The van der Waals surface area contributed by atoms with Crippen molar-refractivity contribution >= 4 is 17.7 Å². The van der Waals surface area contributed by atoms with Gasteiger partial charge < -0.3 is 15.5 Å². The molecule has 2 N–H and O–H groups in total. The van der Waals surface area contributed by atoms with E-state index in [1.807, 2.05) is 11.0 Å². The summed E-state index contributed by atoms with van der Waals surface area (Å²) < 4.78 is 0. The Balaban J connectivity index is 1.22. The molecule has 1 fully saturated rings. The van der Waals surface area contributed by atoms with Gasteiger partial charge in [0.2, 0.25) is 17.7 Å². The Labute approximate surface area is 185 Å². The Kier molecular flexibility index (Phi) is 8.68. The topological polar surface area (TPSA) is 78.5 Å². The van der Waals surface area contributed by atoms with Crippen molar-refractivity contribution in [1.29, 1.82) is 0 Å². The van der Waals surface area contributed by atoms with Crippen molar-refractivity contribution < 1.29 is 14.4 Å². The molecule has 0 spiro atoms. The van der Waals surface area contributed by atoms with Crippen molar-refractivity contribution in [1.82, 2.24) is 15.5 Å². The molecule has 1 aromatic rings. The molecule has 3 amide bonds. The second kappa shape index (κ2) is 11.7. The van der Waals surface area contributed by atoms with Gasteiger partial charge in [0.15, 0.2) is 0 Å². The molecule has 6 heteroatoms. The van der Waals surface area contributed by atoms with E-state index in [0.717, 1.165) is 51.6 Å². The fourth-order valence-corrected chi connectivity index (χ4v) is 4.39. The number of hydrogen-bond donors (Lipinski definition) is 2. The third-order valence-electron chi connectivity index (χ3n) is 6.33. The quantitative estimate of drug-likeness (QED) is 0.566. The van der Waals surface area contributed by atoms with Crippen molar-refractivity contribution in [2.24, 2.45) is 11.8 Å². The first-order valence-corrected chi connectivity index (χ1v) is 11.6. The standard InChI is InChI=1S/C25H35N3O3/c1-19-7-9-20(10-8-19)4-2-5-23(29)26-15-16-27-25(31)22-13-11-21(12-14-22)18-28-17-3-6-24(28)30/h3,6-10,21-22H,2,4-5,11-18H2,1H3,(H,26,29)(H,27,31). The van der Waals surface area contributed by atoms with Crippen LogP contribution >= 0.6 is 0 Å². The molecule has 3 rings (SSSR count). The summed E-state index contributed by atoms with van der Waals surface area (Å²) in [6.45, 7) is 4.52. The van der Waals surface area contributed by atoms with E-state index in [9.17, 15) is 14.4 Å². The number of aryl methyl sites for hydroxylation is 2. The maximum absolute atomic E-state index is 12.4. The highest BCUT2D eigenvalue weighted by Crippen LogP contribution is 2.29. The van der Waals surface area contributed by atoms with E-state index < -0.39 is 0 Å². The van der Waals surface area contributed by atoms with Gasteiger partial charge in [-0.05, 0) is 56.9 Å². The van der Waals surface area contributed by atoms with Crippen LogP contribution in [0, 0.1) is 18.8 Å². The van der Waals surface area contributed by atoms with Crippen LogP contribution in [0.15, 0.2) is 36.4 Å². The van der Waals surface area contributed by atoms with E-state index in [4.69, 9.17) is 0 Å². The maximum atomic E-state index is 12.4.